The molecule has 0 spiro atoms. The summed E-state index contributed by atoms with van der Waals surface area (Å²) in [7, 11) is 0. The van der Waals surface area contributed by atoms with E-state index in [1.165, 1.54) is 98.8 Å². The molecule has 0 radical (unpaired) electrons. The molecule has 0 saturated heterocycles. The van der Waals surface area contributed by atoms with Gasteiger partial charge in [-0.15, -0.1) is 0 Å². The van der Waals surface area contributed by atoms with Gasteiger partial charge in [-0.2, -0.15) is 0 Å². The summed E-state index contributed by atoms with van der Waals surface area (Å²) in [5.74, 6) is 0. The minimum atomic E-state index is 0.845. The molecule has 0 bridgehead atoms. The third-order valence-electron chi connectivity index (χ3n) is 10.9. The van der Waals surface area contributed by atoms with Crippen molar-refractivity contribution in [2.45, 2.75) is 6.42 Å². The summed E-state index contributed by atoms with van der Waals surface area (Å²) < 4.78 is 0. The van der Waals surface area contributed by atoms with E-state index in [0.717, 1.165) is 6.42 Å². The van der Waals surface area contributed by atoms with Gasteiger partial charge in [0.15, 0.2) is 0 Å². The fraction of sp³-hybridized carbons (Fsp3) is 0.0189. The van der Waals surface area contributed by atoms with Crippen molar-refractivity contribution in [3.8, 4) is 33.4 Å². The van der Waals surface area contributed by atoms with Crippen molar-refractivity contribution in [3.05, 3.63) is 239 Å². The molecule has 0 atom stereocenters. The van der Waals surface area contributed by atoms with E-state index >= 15 is 0 Å². The first kappa shape index (κ1) is 31.0. The molecular formula is C53H36. The number of hydrogen-bond acceptors (Lipinski definition) is 0. The van der Waals surface area contributed by atoms with E-state index in [0.29, 0.717) is 0 Å². The van der Waals surface area contributed by atoms with Crippen LogP contribution >= 0.6 is 0 Å². The topological polar surface area (TPSA) is 0 Å². The van der Waals surface area contributed by atoms with Gasteiger partial charge >= 0.3 is 0 Å². The van der Waals surface area contributed by atoms with Gasteiger partial charge < -0.3 is 0 Å². The SMILES string of the molecule is c1ccc(C2=c3ccccc3=C(c3ccc4c(-c5ccc6ccccc6c5)ccc(-c5cccc(-c6ccccc6)c5)c4c3)Cc3ccccc32)cc1. The number of fused-ring (bicyclic) bond motifs is 4. The lowest BCUT2D eigenvalue weighted by molar-refractivity contribution is 1.26. The molecule has 0 amide bonds. The van der Waals surface area contributed by atoms with Crippen LogP contribution in [0.4, 0.5) is 0 Å². The molecule has 0 aromatic heterocycles. The smallest absolute Gasteiger partial charge is 0.000749 e. The lowest BCUT2D eigenvalue weighted by atomic mass is 9.87. The number of hydrogen-bond donors (Lipinski definition) is 0. The summed E-state index contributed by atoms with van der Waals surface area (Å²) in [6, 6.07) is 75.9. The van der Waals surface area contributed by atoms with Crippen LogP contribution in [0.3, 0.4) is 0 Å². The predicted octanol–water partition coefficient (Wildman–Crippen LogP) is 12.0. The maximum Gasteiger partial charge on any atom is -0.000749 e. The van der Waals surface area contributed by atoms with Crippen LogP contribution in [0, 0.1) is 0 Å². The predicted molar refractivity (Wildman–Crippen MR) is 224 cm³/mol. The van der Waals surface area contributed by atoms with Crippen LogP contribution < -0.4 is 10.4 Å². The Kier molecular flexibility index (Phi) is 7.66. The molecule has 0 aliphatic heterocycles. The molecule has 0 heterocycles. The summed E-state index contributed by atoms with van der Waals surface area (Å²) in [6.07, 6.45) is 0.845. The van der Waals surface area contributed by atoms with E-state index in [1.54, 1.807) is 0 Å². The zero-order valence-electron chi connectivity index (χ0n) is 29.3. The van der Waals surface area contributed by atoms with Gasteiger partial charge in [0.05, 0.1) is 0 Å². The maximum absolute atomic E-state index is 2.46. The fourth-order valence-corrected chi connectivity index (χ4v) is 8.38. The van der Waals surface area contributed by atoms with Crippen LogP contribution in [-0.4, -0.2) is 0 Å². The van der Waals surface area contributed by atoms with E-state index in [-0.39, 0.29) is 0 Å². The first-order valence-corrected chi connectivity index (χ1v) is 18.5. The molecule has 1 aliphatic carbocycles. The molecule has 0 fully saturated rings. The van der Waals surface area contributed by atoms with Crippen LogP contribution in [0.15, 0.2) is 206 Å². The average Bonchev–Trinajstić information content (AvgIpc) is 3.38. The molecular weight excluding hydrogens is 637 g/mol. The first-order chi connectivity index (χ1) is 26.3. The van der Waals surface area contributed by atoms with E-state index < -0.39 is 0 Å². The van der Waals surface area contributed by atoms with Gasteiger partial charge in [0.1, 0.15) is 0 Å². The Morgan fingerprint density at radius 3 is 1.72 bits per heavy atom. The lowest BCUT2D eigenvalue weighted by Gasteiger charge is -2.17. The third-order valence-corrected chi connectivity index (χ3v) is 10.9. The van der Waals surface area contributed by atoms with E-state index in [2.05, 4.69) is 206 Å². The second kappa shape index (κ2) is 13.1. The summed E-state index contributed by atoms with van der Waals surface area (Å²) in [4.78, 5) is 0. The van der Waals surface area contributed by atoms with Gasteiger partial charge in [-0.05, 0) is 123 Å². The molecule has 248 valence electrons. The largest absolute Gasteiger partial charge is 0.0622 e. The van der Waals surface area contributed by atoms with Crippen molar-refractivity contribution in [2.24, 2.45) is 0 Å². The van der Waals surface area contributed by atoms with E-state index in [9.17, 15) is 0 Å². The van der Waals surface area contributed by atoms with E-state index in [4.69, 9.17) is 0 Å². The van der Waals surface area contributed by atoms with Crippen LogP contribution in [-0.2, 0) is 6.42 Å². The Bertz CT molecular complexity index is 2950. The molecule has 9 aromatic carbocycles. The molecule has 53 heavy (non-hydrogen) atoms. The Hall–Kier alpha value is -6.76. The quantitative estimate of drug-likeness (QED) is 0.171. The van der Waals surface area contributed by atoms with Crippen LogP contribution in [0.5, 0.6) is 0 Å². The second-order valence-corrected chi connectivity index (χ2v) is 14.0. The number of benzene rings is 9. The molecule has 0 unspecified atom stereocenters. The Labute approximate surface area is 310 Å². The van der Waals surface area contributed by atoms with Gasteiger partial charge in [0, 0.05) is 0 Å². The van der Waals surface area contributed by atoms with Gasteiger partial charge in [-0.25, -0.2) is 0 Å². The van der Waals surface area contributed by atoms with Crippen LogP contribution in [0.1, 0.15) is 22.3 Å². The second-order valence-electron chi connectivity index (χ2n) is 14.0. The zero-order chi connectivity index (χ0) is 35.1. The third kappa shape index (κ3) is 5.57. The minimum Gasteiger partial charge on any atom is -0.0622 e. The van der Waals surface area contributed by atoms with Crippen LogP contribution in [0.2, 0.25) is 0 Å². The molecule has 1 aliphatic rings. The Balaban J connectivity index is 1.25. The zero-order valence-corrected chi connectivity index (χ0v) is 29.3. The fourth-order valence-electron chi connectivity index (χ4n) is 8.38. The molecule has 0 nitrogen and oxygen atoms in total. The molecule has 0 saturated carbocycles. The highest BCUT2D eigenvalue weighted by molar-refractivity contribution is 6.07. The summed E-state index contributed by atoms with van der Waals surface area (Å²) >= 11 is 0. The normalized spacial score (nSPS) is 12.4. The maximum atomic E-state index is 2.46. The molecule has 10 rings (SSSR count). The Morgan fingerprint density at radius 1 is 0.283 bits per heavy atom. The van der Waals surface area contributed by atoms with Gasteiger partial charge in [-0.3, -0.25) is 0 Å². The number of rotatable bonds is 5. The molecule has 0 N–H and O–H groups in total. The van der Waals surface area contributed by atoms with Crippen LogP contribution in [0.25, 0.3) is 66.1 Å². The highest BCUT2D eigenvalue weighted by atomic mass is 14.2. The summed E-state index contributed by atoms with van der Waals surface area (Å²) in [5.41, 5.74) is 15.2. The van der Waals surface area contributed by atoms with Gasteiger partial charge in [-0.1, -0.05) is 188 Å². The minimum absolute atomic E-state index is 0.845. The highest BCUT2D eigenvalue weighted by Crippen LogP contribution is 2.39. The van der Waals surface area contributed by atoms with E-state index in [1.807, 2.05) is 0 Å². The molecule has 9 aromatic rings. The standard InChI is InChI=1S/C53H36/c1-3-14-36(15-4-1)40-21-13-22-41(32-40)46-31-30-45(43-27-26-37-16-7-8-19-39(37)33-43)49-29-28-44(35-52(46)49)51-34-42-20-9-10-23-47(42)53(38-17-5-2-6-18-38)50-25-12-11-24-48(50)51/h1-33,35H,34H2. The Morgan fingerprint density at radius 2 is 0.887 bits per heavy atom. The average molecular weight is 673 g/mol. The van der Waals surface area contributed by atoms with Crippen molar-refractivity contribution >= 4 is 32.7 Å². The van der Waals surface area contributed by atoms with Crippen molar-refractivity contribution < 1.29 is 0 Å². The summed E-state index contributed by atoms with van der Waals surface area (Å²) in [5, 5.41) is 7.59. The van der Waals surface area contributed by atoms with Crippen molar-refractivity contribution in [1.82, 2.24) is 0 Å². The highest BCUT2D eigenvalue weighted by Gasteiger charge is 2.19. The van der Waals surface area contributed by atoms with Crippen molar-refractivity contribution in [2.75, 3.05) is 0 Å². The van der Waals surface area contributed by atoms with Crippen molar-refractivity contribution in [3.63, 3.8) is 0 Å². The van der Waals surface area contributed by atoms with Gasteiger partial charge in [0.25, 0.3) is 0 Å². The monoisotopic (exact) mass is 672 g/mol. The molecule has 0 heteroatoms. The first-order valence-electron chi connectivity index (χ1n) is 18.5. The van der Waals surface area contributed by atoms with Crippen molar-refractivity contribution in [1.29, 1.82) is 0 Å². The van der Waals surface area contributed by atoms with Gasteiger partial charge in [0.2, 0.25) is 0 Å². The lowest BCUT2D eigenvalue weighted by Crippen LogP contribution is -2.29. The summed E-state index contributed by atoms with van der Waals surface area (Å²) in [6.45, 7) is 0.